The third-order valence-corrected chi connectivity index (χ3v) is 8.74. The number of halogens is 2. The summed E-state index contributed by atoms with van der Waals surface area (Å²) in [5.41, 5.74) is 3.26. The third-order valence-electron chi connectivity index (χ3n) is 5.16. The summed E-state index contributed by atoms with van der Waals surface area (Å²) in [6.07, 6.45) is 1.10. The van der Waals surface area contributed by atoms with Crippen LogP contribution < -0.4 is 4.90 Å². The van der Waals surface area contributed by atoms with E-state index in [0.29, 0.717) is 36.0 Å². The lowest BCUT2D eigenvalue weighted by molar-refractivity contribution is 0.529. The van der Waals surface area contributed by atoms with Crippen LogP contribution in [0.25, 0.3) is 11.3 Å². The van der Waals surface area contributed by atoms with Crippen LogP contribution in [-0.2, 0) is 9.84 Å². The molecule has 0 spiro atoms. The van der Waals surface area contributed by atoms with Gasteiger partial charge in [0.05, 0.1) is 15.8 Å². The monoisotopic (exact) mass is 466 g/mol. The van der Waals surface area contributed by atoms with E-state index in [2.05, 4.69) is 41.5 Å². The van der Waals surface area contributed by atoms with Crippen LogP contribution in [0.15, 0.2) is 52.7 Å². The molecule has 0 atom stereocenters. The minimum atomic E-state index is -3.47. The van der Waals surface area contributed by atoms with Gasteiger partial charge in [0.25, 0.3) is 0 Å². The van der Waals surface area contributed by atoms with Gasteiger partial charge in [0, 0.05) is 34.1 Å². The standard InChI is InChI=1S/C21H20Cl2N2O2S2/c1-14-2-4-15(5-3-14)20-13-28-21(24-20)25-8-6-18(7-9-25)29(26,27)19-11-16(22)10-17(23)12-19/h2-5,10-13,18H,6-9H2,1H3. The molecule has 152 valence electrons. The zero-order valence-electron chi connectivity index (χ0n) is 15.8. The Bertz CT molecular complexity index is 1100. The first kappa shape index (κ1) is 20.7. The minimum absolute atomic E-state index is 0.198. The Morgan fingerprint density at radius 2 is 1.66 bits per heavy atom. The predicted octanol–water partition coefficient (Wildman–Crippen LogP) is 5.87. The molecule has 0 amide bonds. The Morgan fingerprint density at radius 3 is 2.28 bits per heavy atom. The van der Waals surface area contributed by atoms with E-state index in [1.807, 2.05) is 0 Å². The number of aromatic nitrogens is 1. The van der Waals surface area contributed by atoms with E-state index in [-0.39, 0.29) is 4.90 Å². The van der Waals surface area contributed by atoms with Crippen LogP contribution in [0.3, 0.4) is 0 Å². The Morgan fingerprint density at radius 1 is 1.03 bits per heavy atom. The molecular weight excluding hydrogens is 447 g/mol. The van der Waals surface area contributed by atoms with Gasteiger partial charge in [-0.2, -0.15) is 0 Å². The van der Waals surface area contributed by atoms with Crippen LogP contribution in [0, 0.1) is 6.92 Å². The molecule has 0 unspecified atom stereocenters. The van der Waals surface area contributed by atoms with Crippen LogP contribution >= 0.6 is 34.5 Å². The second-order valence-electron chi connectivity index (χ2n) is 7.22. The average Bonchev–Trinajstić information content (AvgIpc) is 3.18. The Balaban J connectivity index is 1.46. The van der Waals surface area contributed by atoms with Crippen molar-refractivity contribution in [3.8, 4) is 11.3 Å². The number of hydrogen-bond donors (Lipinski definition) is 0. The van der Waals surface area contributed by atoms with E-state index >= 15 is 0 Å². The van der Waals surface area contributed by atoms with E-state index in [1.54, 1.807) is 17.4 Å². The summed E-state index contributed by atoms with van der Waals surface area (Å²) in [7, 11) is -3.47. The molecule has 2 aromatic carbocycles. The molecule has 1 saturated heterocycles. The number of thiazole rings is 1. The summed E-state index contributed by atoms with van der Waals surface area (Å²) in [5, 5.41) is 3.21. The first-order valence-electron chi connectivity index (χ1n) is 9.30. The number of hydrogen-bond acceptors (Lipinski definition) is 5. The fourth-order valence-corrected chi connectivity index (χ4v) is 6.85. The zero-order valence-corrected chi connectivity index (χ0v) is 19.0. The van der Waals surface area contributed by atoms with Crippen molar-refractivity contribution >= 4 is 49.5 Å². The molecule has 0 radical (unpaired) electrons. The molecule has 2 heterocycles. The van der Waals surface area contributed by atoms with Crippen molar-refractivity contribution in [3.05, 3.63) is 63.5 Å². The summed E-state index contributed by atoms with van der Waals surface area (Å²) in [5.74, 6) is 0. The summed E-state index contributed by atoms with van der Waals surface area (Å²) in [6, 6.07) is 12.8. The largest absolute Gasteiger partial charge is 0.348 e. The summed E-state index contributed by atoms with van der Waals surface area (Å²) < 4.78 is 26.0. The van der Waals surface area contributed by atoms with Crippen LogP contribution in [-0.4, -0.2) is 31.7 Å². The highest BCUT2D eigenvalue weighted by atomic mass is 35.5. The van der Waals surface area contributed by atoms with E-state index in [9.17, 15) is 8.42 Å². The topological polar surface area (TPSA) is 50.3 Å². The smallest absolute Gasteiger partial charge is 0.185 e. The molecule has 0 aliphatic carbocycles. The van der Waals surface area contributed by atoms with Crippen LogP contribution in [0.4, 0.5) is 5.13 Å². The quantitative estimate of drug-likeness (QED) is 0.482. The van der Waals surface area contributed by atoms with Gasteiger partial charge in [0.1, 0.15) is 0 Å². The molecule has 1 aliphatic rings. The highest BCUT2D eigenvalue weighted by Gasteiger charge is 2.32. The van der Waals surface area contributed by atoms with Gasteiger partial charge in [-0.1, -0.05) is 53.0 Å². The van der Waals surface area contributed by atoms with Crippen LogP contribution in [0.1, 0.15) is 18.4 Å². The molecule has 29 heavy (non-hydrogen) atoms. The summed E-state index contributed by atoms with van der Waals surface area (Å²) in [6.45, 7) is 3.36. The van der Waals surface area contributed by atoms with Gasteiger partial charge in [0.15, 0.2) is 15.0 Å². The number of aryl methyl sites for hydroxylation is 1. The van der Waals surface area contributed by atoms with Crippen molar-refractivity contribution in [2.24, 2.45) is 0 Å². The predicted molar refractivity (Wildman–Crippen MR) is 121 cm³/mol. The number of benzene rings is 2. The number of anilines is 1. The Labute approximate surface area is 185 Å². The molecule has 1 aliphatic heterocycles. The number of sulfone groups is 1. The minimum Gasteiger partial charge on any atom is -0.348 e. The van der Waals surface area contributed by atoms with Gasteiger partial charge in [-0.3, -0.25) is 0 Å². The molecule has 3 aromatic rings. The lowest BCUT2D eigenvalue weighted by Crippen LogP contribution is -2.39. The lowest BCUT2D eigenvalue weighted by atomic mass is 10.1. The van der Waals surface area contributed by atoms with Crippen molar-refractivity contribution in [1.82, 2.24) is 4.98 Å². The molecule has 8 heteroatoms. The van der Waals surface area contributed by atoms with Crippen molar-refractivity contribution in [2.45, 2.75) is 29.9 Å². The van der Waals surface area contributed by atoms with Gasteiger partial charge < -0.3 is 4.90 Å². The van der Waals surface area contributed by atoms with E-state index in [1.165, 1.54) is 17.7 Å². The van der Waals surface area contributed by atoms with Crippen molar-refractivity contribution < 1.29 is 8.42 Å². The lowest BCUT2D eigenvalue weighted by Gasteiger charge is -2.31. The molecule has 1 fully saturated rings. The van der Waals surface area contributed by atoms with Crippen LogP contribution in [0.2, 0.25) is 10.0 Å². The average molecular weight is 467 g/mol. The van der Waals surface area contributed by atoms with Gasteiger partial charge in [-0.05, 0) is 38.0 Å². The molecule has 4 nitrogen and oxygen atoms in total. The first-order valence-corrected chi connectivity index (χ1v) is 12.5. The maximum Gasteiger partial charge on any atom is 0.185 e. The summed E-state index contributed by atoms with van der Waals surface area (Å²) >= 11 is 13.6. The van der Waals surface area contributed by atoms with Crippen molar-refractivity contribution in [3.63, 3.8) is 0 Å². The molecule has 0 saturated carbocycles. The van der Waals surface area contributed by atoms with E-state index in [0.717, 1.165) is 16.4 Å². The van der Waals surface area contributed by atoms with Crippen molar-refractivity contribution in [2.75, 3.05) is 18.0 Å². The Kier molecular flexibility index (Phi) is 5.89. The highest BCUT2D eigenvalue weighted by Crippen LogP contribution is 2.33. The fourth-order valence-electron chi connectivity index (χ4n) is 3.51. The number of nitrogens with zero attached hydrogens (tertiary/aromatic N) is 2. The molecular formula is C21H20Cl2N2O2S2. The molecule has 0 N–H and O–H groups in total. The Hall–Kier alpha value is -1.60. The maximum atomic E-state index is 13.0. The number of piperidine rings is 1. The maximum absolute atomic E-state index is 13.0. The summed E-state index contributed by atoms with van der Waals surface area (Å²) in [4.78, 5) is 7.13. The SMILES string of the molecule is Cc1ccc(-c2csc(N3CCC(S(=O)(=O)c4cc(Cl)cc(Cl)c4)CC3)n2)cc1. The third kappa shape index (κ3) is 4.45. The van der Waals surface area contributed by atoms with Gasteiger partial charge >= 0.3 is 0 Å². The fraction of sp³-hybridized carbons (Fsp3) is 0.286. The van der Waals surface area contributed by atoms with Gasteiger partial charge in [-0.25, -0.2) is 13.4 Å². The molecule has 4 rings (SSSR count). The zero-order chi connectivity index (χ0) is 20.6. The van der Waals surface area contributed by atoms with Gasteiger partial charge in [0.2, 0.25) is 0 Å². The van der Waals surface area contributed by atoms with E-state index in [4.69, 9.17) is 28.2 Å². The first-order chi connectivity index (χ1) is 13.8. The van der Waals surface area contributed by atoms with Crippen molar-refractivity contribution in [1.29, 1.82) is 0 Å². The second kappa shape index (κ2) is 8.26. The van der Waals surface area contributed by atoms with E-state index < -0.39 is 15.1 Å². The number of rotatable bonds is 4. The second-order valence-corrected chi connectivity index (χ2v) is 11.2. The highest BCUT2D eigenvalue weighted by molar-refractivity contribution is 7.92. The molecule has 0 bridgehead atoms. The molecule has 1 aromatic heterocycles. The normalized spacial score (nSPS) is 15.6. The van der Waals surface area contributed by atoms with Crippen LogP contribution in [0.5, 0.6) is 0 Å². The van der Waals surface area contributed by atoms with Gasteiger partial charge in [-0.15, -0.1) is 11.3 Å².